The summed E-state index contributed by atoms with van der Waals surface area (Å²) in [4.78, 5) is 40.1. The fourth-order valence-electron chi connectivity index (χ4n) is 4.53. The average Bonchev–Trinajstić information content (AvgIpc) is 2.96. The summed E-state index contributed by atoms with van der Waals surface area (Å²) >= 11 is 0. The molecule has 3 aliphatic heterocycles. The number of carbonyl (C=O) groups excluding carboxylic acids is 3. The molecule has 1 aromatic rings. The Bertz CT molecular complexity index is 987. The smallest absolute Gasteiger partial charge is 0.410 e. The Morgan fingerprint density at radius 1 is 1.09 bits per heavy atom. The maximum absolute atomic E-state index is 12.7. The third-order valence-electron chi connectivity index (χ3n) is 6.16. The van der Waals surface area contributed by atoms with Gasteiger partial charge in [0.1, 0.15) is 12.6 Å². The highest BCUT2D eigenvalue weighted by Crippen LogP contribution is 2.35. The van der Waals surface area contributed by atoms with Crippen LogP contribution in [0.2, 0.25) is 0 Å². The van der Waals surface area contributed by atoms with Gasteiger partial charge in [-0.2, -0.15) is 0 Å². The molecule has 1 aromatic carbocycles. The number of benzene rings is 1. The summed E-state index contributed by atoms with van der Waals surface area (Å²) in [6, 6.07) is 7.05. The van der Waals surface area contributed by atoms with Crippen molar-refractivity contribution < 1.29 is 32.1 Å². The number of likely N-dealkylation sites (tertiary alicyclic amines) is 2. The Kier molecular flexibility index (Phi) is 6.24. The maximum Gasteiger partial charge on any atom is 0.410 e. The van der Waals surface area contributed by atoms with Crippen molar-refractivity contribution in [1.82, 2.24) is 19.4 Å². The van der Waals surface area contributed by atoms with Crippen molar-refractivity contribution in [2.45, 2.75) is 50.4 Å². The summed E-state index contributed by atoms with van der Waals surface area (Å²) in [7, 11) is -4.86. The number of ether oxygens (including phenoxy) is 1. The first-order valence-corrected chi connectivity index (χ1v) is 11.9. The van der Waals surface area contributed by atoms with Crippen LogP contribution in [0.1, 0.15) is 31.2 Å². The largest absolute Gasteiger partial charge is 0.731 e. The Balaban J connectivity index is 1.26. The zero-order valence-electron chi connectivity index (χ0n) is 17.4. The van der Waals surface area contributed by atoms with E-state index in [1.54, 1.807) is 4.90 Å². The Hall–Kier alpha value is -2.86. The minimum atomic E-state index is -4.86. The predicted molar refractivity (Wildman–Crippen MR) is 110 cm³/mol. The fraction of sp³-hybridized carbons (Fsp3) is 0.550. The van der Waals surface area contributed by atoms with Crippen LogP contribution in [0.4, 0.5) is 9.59 Å². The zero-order valence-corrected chi connectivity index (χ0v) is 18.2. The van der Waals surface area contributed by atoms with Gasteiger partial charge in [0.2, 0.25) is 0 Å². The van der Waals surface area contributed by atoms with E-state index >= 15 is 0 Å². The molecule has 3 saturated heterocycles. The molecule has 0 saturated carbocycles. The van der Waals surface area contributed by atoms with Crippen LogP contribution in [0.15, 0.2) is 30.3 Å². The summed E-state index contributed by atoms with van der Waals surface area (Å²) in [5.41, 5.74) is 0.901. The molecule has 0 spiro atoms. The molecule has 3 aliphatic rings. The second-order valence-corrected chi connectivity index (χ2v) is 9.44. The first-order valence-electron chi connectivity index (χ1n) is 10.6. The molecule has 0 unspecified atom stereocenters. The van der Waals surface area contributed by atoms with Crippen LogP contribution in [0.25, 0.3) is 0 Å². The van der Waals surface area contributed by atoms with Crippen molar-refractivity contribution in [3.8, 4) is 0 Å². The third-order valence-corrected chi connectivity index (χ3v) is 7.09. The van der Waals surface area contributed by atoms with E-state index in [1.807, 2.05) is 30.3 Å². The lowest BCUT2D eigenvalue weighted by atomic mass is 10.0. The monoisotopic (exact) mass is 465 g/mol. The highest BCUT2D eigenvalue weighted by Gasteiger charge is 2.58. The van der Waals surface area contributed by atoms with Gasteiger partial charge in [-0.25, -0.2) is 22.3 Å². The molecule has 174 valence electrons. The number of β-lactam (4-membered cyclic amide) rings is 1. The number of amides is 4. The van der Waals surface area contributed by atoms with Gasteiger partial charge in [-0.15, -0.1) is 0 Å². The van der Waals surface area contributed by atoms with Crippen molar-refractivity contribution in [2.24, 2.45) is 0 Å². The molecule has 11 nitrogen and oxygen atoms in total. The van der Waals surface area contributed by atoms with E-state index in [-0.39, 0.29) is 25.6 Å². The summed E-state index contributed by atoms with van der Waals surface area (Å²) in [6.45, 7) is 1.33. The molecule has 3 atom stereocenters. The lowest BCUT2D eigenvalue weighted by molar-refractivity contribution is -0.143. The minimum Gasteiger partial charge on any atom is -0.731 e. The van der Waals surface area contributed by atoms with E-state index in [9.17, 15) is 27.4 Å². The standard InChI is InChI=1S/C20H26N4O7S/c25-18-17-16(24(18)32(28,29)30)9-12-23(17)19(26)21-15-7-4-10-22(11-8-15)20(27)31-13-14-5-2-1-3-6-14/h1-3,5-6,15-17H,4,7-13H2,(H,21,26)(H,28,29,30)/p-1/t15-,16+,17-/m0/s1. The van der Waals surface area contributed by atoms with Crippen molar-refractivity contribution in [1.29, 1.82) is 0 Å². The lowest BCUT2D eigenvalue weighted by Crippen LogP contribution is -2.69. The fourth-order valence-corrected chi connectivity index (χ4v) is 5.41. The molecule has 12 heteroatoms. The number of nitrogens with zero attached hydrogens (tertiary/aromatic N) is 3. The second kappa shape index (κ2) is 8.94. The molecule has 0 radical (unpaired) electrons. The second-order valence-electron chi connectivity index (χ2n) is 8.19. The molecule has 0 aromatic heterocycles. The normalized spacial score (nSPS) is 25.6. The third kappa shape index (κ3) is 4.51. The average molecular weight is 466 g/mol. The molecular formula is C20H25N4O7S-. The van der Waals surface area contributed by atoms with Gasteiger partial charge < -0.3 is 24.4 Å². The van der Waals surface area contributed by atoms with E-state index in [2.05, 4.69) is 5.32 Å². The van der Waals surface area contributed by atoms with Gasteiger partial charge in [0.25, 0.3) is 5.91 Å². The van der Waals surface area contributed by atoms with E-state index in [0.717, 1.165) is 5.56 Å². The van der Waals surface area contributed by atoms with E-state index in [4.69, 9.17) is 4.74 Å². The molecular weight excluding hydrogens is 440 g/mol. The van der Waals surface area contributed by atoms with Gasteiger partial charge in [-0.05, 0) is 31.2 Å². The maximum atomic E-state index is 12.7. The molecule has 3 fully saturated rings. The van der Waals surface area contributed by atoms with Crippen LogP contribution in [0, 0.1) is 0 Å². The van der Waals surface area contributed by atoms with Crippen LogP contribution in [0.5, 0.6) is 0 Å². The van der Waals surface area contributed by atoms with Crippen LogP contribution in [-0.2, 0) is 26.4 Å². The zero-order chi connectivity index (χ0) is 22.9. The van der Waals surface area contributed by atoms with Crippen molar-refractivity contribution in [3.63, 3.8) is 0 Å². The lowest BCUT2D eigenvalue weighted by Gasteiger charge is -2.45. The number of hydrogen-bond donors (Lipinski definition) is 1. The summed E-state index contributed by atoms with van der Waals surface area (Å²) in [6.07, 6.45) is 1.71. The number of hydrogen-bond acceptors (Lipinski definition) is 7. The Morgan fingerprint density at radius 3 is 2.56 bits per heavy atom. The predicted octanol–water partition coefficient (Wildman–Crippen LogP) is 0.633. The molecule has 3 heterocycles. The number of nitrogens with one attached hydrogen (secondary N) is 1. The minimum absolute atomic E-state index is 0.192. The topological polar surface area (TPSA) is 139 Å². The molecule has 4 rings (SSSR count). The highest BCUT2D eigenvalue weighted by molar-refractivity contribution is 7.84. The molecule has 32 heavy (non-hydrogen) atoms. The van der Waals surface area contributed by atoms with Gasteiger partial charge in [0.15, 0.2) is 10.3 Å². The van der Waals surface area contributed by atoms with Gasteiger partial charge >= 0.3 is 12.1 Å². The van der Waals surface area contributed by atoms with Gasteiger partial charge in [-0.1, -0.05) is 30.3 Å². The van der Waals surface area contributed by atoms with Crippen molar-refractivity contribution in [3.05, 3.63) is 35.9 Å². The van der Waals surface area contributed by atoms with Crippen molar-refractivity contribution in [2.75, 3.05) is 19.6 Å². The highest BCUT2D eigenvalue weighted by atomic mass is 32.2. The van der Waals surface area contributed by atoms with Crippen LogP contribution < -0.4 is 5.32 Å². The summed E-state index contributed by atoms with van der Waals surface area (Å²) in [5, 5.41) is 2.89. The first kappa shape index (κ1) is 22.3. The quantitative estimate of drug-likeness (QED) is 0.508. The van der Waals surface area contributed by atoms with Gasteiger partial charge in [0.05, 0.1) is 6.04 Å². The van der Waals surface area contributed by atoms with Gasteiger partial charge in [-0.3, -0.25) is 4.79 Å². The number of carbonyl (C=O) groups is 3. The van der Waals surface area contributed by atoms with E-state index < -0.39 is 40.4 Å². The molecule has 0 bridgehead atoms. The Labute approximate surface area is 186 Å². The molecule has 1 N–H and O–H groups in total. The molecule has 4 amide bonds. The number of fused-ring (bicyclic) bond motifs is 1. The van der Waals surface area contributed by atoms with E-state index in [1.165, 1.54) is 4.90 Å². The Morgan fingerprint density at radius 2 is 1.84 bits per heavy atom. The van der Waals surface area contributed by atoms with Crippen LogP contribution in [-0.4, -0.2) is 82.9 Å². The van der Waals surface area contributed by atoms with Crippen LogP contribution >= 0.6 is 0 Å². The summed E-state index contributed by atoms with van der Waals surface area (Å²) in [5.74, 6) is -0.856. The number of rotatable bonds is 4. The SMILES string of the molecule is O=C(OCc1ccccc1)N1CCC[C@H](NC(=O)N2CC[C@@H]3[C@H]2C(=O)N3S(=O)(=O)[O-])CC1. The number of urea groups is 1. The first-order chi connectivity index (χ1) is 15.3. The summed E-state index contributed by atoms with van der Waals surface area (Å²) < 4.78 is 39.3. The van der Waals surface area contributed by atoms with Crippen LogP contribution in [0.3, 0.4) is 0 Å². The van der Waals surface area contributed by atoms with Crippen molar-refractivity contribution >= 4 is 28.3 Å². The van der Waals surface area contributed by atoms with E-state index in [0.29, 0.717) is 36.7 Å². The van der Waals surface area contributed by atoms with Gasteiger partial charge in [0, 0.05) is 25.7 Å². The molecule has 0 aliphatic carbocycles.